The molecule has 0 aliphatic heterocycles. The lowest BCUT2D eigenvalue weighted by atomic mass is 10.0. The number of hydrogen-bond acceptors (Lipinski definition) is 5. The highest BCUT2D eigenvalue weighted by Gasteiger charge is 2.29. The average Bonchev–Trinajstić information content (AvgIpc) is 3.65. The van der Waals surface area contributed by atoms with Crippen molar-refractivity contribution in [2.45, 2.75) is 39.3 Å². The van der Waals surface area contributed by atoms with E-state index >= 15 is 0 Å². The van der Waals surface area contributed by atoms with Crippen molar-refractivity contribution < 1.29 is 14.4 Å². The summed E-state index contributed by atoms with van der Waals surface area (Å²) >= 11 is 0. The molecule has 0 radical (unpaired) electrons. The minimum absolute atomic E-state index is 0.195. The number of amides is 3. The molecule has 194 valence electrons. The van der Waals surface area contributed by atoms with Crippen molar-refractivity contribution in [2.24, 2.45) is 11.7 Å². The number of hydrogen-bond donors (Lipinski definition) is 4. The van der Waals surface area contributed by atoms with Crippen LogP contribution in [0.2, 0.25) is 0 Å². The van der Waals surface area contributed by atoms with E-state index in [9.17, 15) is 14.4 Å². The number of rotatable bonds is 9. The topological polar surface area (TPSA) is 131 Å². The van der Waals surface area contributed by atoms with Gasteiger partial charge in [-0.2, -0.15) is 5.10 Å². The first-order valence-electron chi connectivity index (χ1n) is 12.6. The zero-order chi connectivity index (χ0) is 26.8. The smallest absolute Gasteiger partial charge is 0.252 e. The van der Waals surface area contributed by atoms with Crippen LogP contribution in [0.25, 0.3) is 16.6 Å². The van der Waals surface area contributed by atoms with Gasteiger partial charge in [0.05, 0.1) is 23.0 Å². The van der Waals surface area contributed by atoms with E-state index in [0.29, 0.717) is 35.0 Å². The van der Waals surface area contributed by atoms with Crippen molar-refractivity contribution in [3.05, 3.63) is 83.7 Å². The first-order chi connectivity index (χ1) is 18.3. The van der Waals surface area contributed by atoms with E-state index in [0.717, 1.165) is 22.2 Å². The zero-order valence-corrected chi connectivity index (χ0v) is 21.3. The van der Waals surface area contributed by atoms with Gasteiger partial charge in [0.25, 0.3) is 11.8 Å². The first-order valence-corrected chi connectivity index (χ1v) is 12.6. The van der Waals surface area contributed by atoms with Crippen molar-refractivity contribution in [1.29, 1.82) is 0 Å². The van der Waals surface area contributed by atoms with E-state index in [2.05, 4.69) is 28.0 Å². The van der Waals surface area contributed by atoms with Crippen molar-refractivity contribution in [1.82, 2.24) is 14.9 Å². The highest BCUT2D eigenvalue weighted by atomic mass is 16.2. The number of carbonyl (C=O) groups is 3. The predicted octanol–water partition coefficient (Wildman–Crippen LogP) is 4.20. The van der Waals surface area contributed by atoms with Gasteiger partial charge < -0.3 is 21.7 Å². The number of anilines is 2. The number of fused-ring (bicyclic) bond motifs is 1. The third-order valence-electron chi connectivity index (χ3n) is 6.76. The predicted molar refractivity (Wildman–Crippen MR) is 147 cm³/mol. The Bertz CT molecular complexity index is 1540. The maximum atomic E-state index is 12.7. The second-order valence-electron chi connectivity index (χ2n) is 9.77. The molecule has 3 amide bonds. The molecule has 1 aliphatic carbocycles. The number of aromatic nitrogens is 2. The van der Waals surface area contributed by atoms with Crippen LogP contribution in [0, 0.1) is 5.92 Å². The molecule has 1 unspecified atom stereocenters. The summed E-state index contributed by atoms with van der Waals surface area (Å²) < 4.78 is 1.75. The van der Waals surface area contributed by atoms with Gasteiger partial charge in [0.2, 0.25) is 5.91 Å². The monoisotopic (exact) mass is 510 g/mol. The molecule has 38 heavy (non-hydrogen) atoms. The van der Waals surface area contributed by atoms with Gasteiger partial charge in [0.15, 0.2) is 0 Å². The van der Waals surface area contributed by atoms with Gasteiger partial charge in [-0.15, -0.1) is 0 Å². The van der Waals surface area contributed by atoms with Gasteiger partial charge in [-0.1, -0.05) is 24.3 Å². The van der Waals surface area contributed by atoms with Gasteiger partial charge in [-0.3, -0.25) is 14.4 Å². The standard InChI is InChI=1S/C29H30N6O3/c1-17(20-9-10-20)33-27-25(28(30)37)15-32-35-16-23(13-26(27)35)21-6-3-5-19(11-21)14-31-29(38)22-7-4-8-24(12-22)34-18(2)36/h3-8,11-13,15-17,20,33H,9-10,14H2,1-2H3,(H2,30,37)(H,31,38)(H,34,36). The van der Waals surface area contributed by atoms with E-state index in [-0.39, 0.29) is 17.9 Å². The van der Waals surface area contributed by atoms with Crippen molar-refractivity contribution in [3.8, 4) is 11.1 Å². The van der Waals surface area contributed by atoms with Crippen LogP contribution in [0.15, 0.2) is 67.0 Å². The van der Waals surface area contributed by atoms with Crippen molar-refractivity contribution in [2.75, 3.05) is 10.6 Å². The molecule has 5 rings (SSSR count). The van der Waals surface area contributed by atoms with E-state index < -0.39 is 5.91 Å². The van der Waals surface area contributed by atoms with Gasteiger partial charge in [-0.25, -0.2) is 4.52 Å². The normalized spacial score (nSPS) is 13.6. The van der Waals surface area contributed by atoms with Crippen LogP contribution in [-0.2, 0) is 11.3 Å². The van der Waals surface area contributed by atoms with Gasteiger partial charge in [0, 0.05) is 42.5 Å². The van der Waals surface area contributed by atoms with E-state index in [4.69, 9.17) is 5.73 Å². The van der Waals surface area contributed by atoms with Crippen LogP contribution in [0.4, 0.5) is 11.4 Å². The Morgan fingerprint density at radius 1 is 1.08 bits per heavy atom. The van der Waals surface area contributed by atoms with Crippen LogP contribution in [0.3, 0.4) is 0 Å². The summed E-state index contributed by atoms with van der Waals surface area (Å²) in [7, 11) is 0. The largest absolute Gasteiger partial charge is 0.380 e. The maximum Gasteiger partial charge on any atom is 0.252 e. The molecule has 0 saturated heterocycles. The summed E-state index contributed by atoms with van der Waals surface area (Å²) in [6.45, 7) is 3.88. The fourth-order valence-electron chi connectivity index (χ4n) is 4.58. The fraction of sp³-hybridized carbons (Fsp3) is 0.241. The van der Waals surface area contributed by atoms with Crippen LogP contribution in [0.1, 0.15) is 53.0 Å². The number of benzene rings is 2. The average molecular weight is 511 g/mol. The summed E-state index contributed by atoms with van der Waals surface area (Å²) in [6.07, 6.45) is 5.78. The number of nitrogens with two attached hydrogens (primary N) is 1. The van der Waals surface area contributed by atoms with Gasteiger partial charge in [0.1, 0.15) is 0 Å². The van der Waals surface area contributed by atoms with E-state index in [1.54, 1.807) is 28.8 Å². The molecule has 5 N–H and O–H groups in total. The minimum Gasteiger partial charge on any atom is -0.380 e. The summed E-state index contributed by atoms with van der Waals surface area (Å²) in [5.41, 5.74) is 11.3. The fourth-order valence-corrected chi connectivity index (χ4v) is 4.58. The lowest BCUT2D eigenvalue weighted by molar-refractivity contribution is -0.114. The number of nitrogens with zero attached hydrogens (tertiary/aromatic N) is 2. The minimum atomic E-state index is -0.520. The van der Waals surface area contributed by atoms with E-state index in [1.807, 2.05) is 36.5 Å². The Morgan fingerprint density at radius 3 is 2.61 bits per heavy atom. The second kappa shape index (κ2) is 10.4. The molecule has 2 aromatic heterocycles. The van der Waals surface area contributed by atoms with Gasteiger partial charge in [-0.05, 0) is 67.1 Å². The van der Waals surface area contributed by atoms with Crippen molar-refractivity contribution >= 4 is 34.6 Å². The third kappa shape index (κ3) is 5.51. The molecule has 0 bridgehead atoms. The van der Waals surface area contributed by atoms with Crippen LogP contribution in [0.5, 0.6) is 0 Å². The highest BCUT2D eigenvalue weighted by molar-refractivity contribution is 6.02. The van der Waals surface area contributed by atoms with Crippen LogP contribution >= 0.6 is 0 Å². The molecule has 1 saturated carbocycles. The molecular weight excluding hydrogens is 480 g/mol. The molecule has 1 aliphatic rings. The SMILES string of the molecule is CC(=O)Nc1cccc(C(=O)NCc2cccc(-c3cc4c(NC(C)C5CC5)c(C(N)=O)cnn4c3)c2)c1. The Kier molecular flexibility index (Phi) is 6.83. The molecule has 1 atom stereocenters. The molecule has 9 heteroatoms. The Morgan fingerprint density at radius 2 is 1.87 bits per heavy atom. The molecule has 4 aromatic rings. The second-order valence-corrected chi connectivity index (χ2v) is 9.77. The van der Waals surface area contributed by atoms with E-state index in [1.165, 1.54) is 26.0 Å². The van der Waals surface area contributed by atoms with Crippen molar-refractivity contribution in [3.63, 3.8) is 0 Å². The first kappa shape index (κ1) is 25.0. The summed E-state index contributed by atoms with van der Waals surface area (Å²) in [5.74, 6) is -0.355. The number of carbonyl (C=O) groups excluding carboxylic acids is 3. The summed E-state index contributed by atoms with van der Waals surface area (Å²) in [4.78, 5) is 36.2. The quantitative estimate of drug-likeness (QED) is 0.268. The molecule has 0 spiro atoms. The Labute approximate surface area is 220 Å². The summed E-state index contributed by atoms with van der Waals surface area (Å²) in [5, 5.41) is 13.5. The zero-order valence-electron chi connectivity index (χ0n) is 21.3. The molecule has 2 heterocycles. The molecular formula is C29H30N6O3. The van der Waals surface area contributed by atoms with Gasteiger partial charge >= 0.3 is 0 Å². The lowest BCUT2D eigenvalue weighted by Gasteiger charge is -2.17. The van der Waals surface area contributed by atoms with Crippen LogP contribution in [-0.4, -0.2) is 33.4 Å². The Balaban J connectivity index is 1.36. The van der Waals surface area contributed by atoms with Crippen LogP contribution < -0.4 is 21.7 Å². The molecule has 9 nitrogen and oxygen atoms in total. The lowest BCUT2D eigenvalue weighted by Crippen LogP contribution is -2.23. The Hall–Kier alpha value is -4.66. The number of nitrogens with one attached hydrogen (secondary N) is 3. The summed E-state index contributed by atoms with van der Waals surface area (Å²) in [6, 6.07) is 16.9. The third-order valence-corrected chi connectivity index (χ3v) is 6.76. The highest BCUT2D eigenvalue weighted by Crippen LogP contribution is 2.36. The molecule has 2 aromatic carbocycles. The molecule has 1 fully saturated rings. The number of primary amides is 1. The maximum absolute atomic E-state index is 12.7.